The number of carbonyl (C=O) groups is 1. The molecule has 0 atom stereocenters. The predicted octanol–water partition coefficient (Wildman–Crippen LogP) is 1.64. The fourth-order valence-electron chi connectivity index (χ4n) is 2.70. The monoisotopic (exact) mass is 289 g/mol. The summed E-state index contributed by atoms with van der Waals surface area (Å²) in [4.78, 5) is 16.8. The van der Waals surface area contributed by atoms with Gasteiger partial charge in [-0.05, 0) is 19.0 Å². The normalized spacial score (nSPS) is 16.9. The lowest BCUT2D eigenvalue weighted by molar-refractivity contribution is -0.121. The van der Waals surface area contributed by atoms with Gasteiger partial charge >= 0.3 is 0 Å². The Labute approximate surface area is 128 Å². The van der Waals surface area contributed by atoms with E-state index in [9.17, 15) is 4.79 Å². The van der Waals surface area contributed by atoms with Crippen molar-refractivity contribution in [3.63, 3.8) is 0 Å². The number of nitrogens with zero attached hydrogens (tertiary/aromatic N) is 2. The molecule has 1 saturated heterocycles. The Morgan fingerprint density at radius 1 is 1.19 bits per heavy atom. The fraction of sp³-hybridized carbons (Fsp3) is 0.588. The number of likely N-dealkylation sites (N-methyl/N-ethyl adjacent to an activating group) is 1. The summed E-state index contributed by atoms with van der Waals surface area (Å²) >= 11 is 0. The lowest BCUT2D eigenvalue weighted by Gasteiger charge is -2.33. The van der Waals surface area contributed by atoms with Gasteiger partial charge < -0.3 is 15.1 Å². The van der Waals surface area contributed by atoms with Crippen LogP contribution < -0.4 is 5.32 Å². The number of rotatable bonds is 6. The first-order valence-corrected chi connectivity index (χ1v) is 7.94. The molecule has 0 unspecified atom stereocenters. The van der Waals surface area contributed by atoms with E-state index in [4.69, 9.17) is 0 Å². The summed E-state index contributed by atoms with van der Waals surface area (Å²) in [5, 5.41) is 3.01. The van der Waals surface area contributed by atoms with E-state index in [-0.39, 0.29) is 5.91 Å². The number of nitrogens with one attached hydrogen (secondary N) is 1. The molecule has 1 heterocycles. The molecule has 0 saturated carbocycles. The summed E-state index contributed by atoms with van der Waals surface area (Å²) in [7, 11) is 0. The highest BCUT2D eigenvalue weighted by Gasteiger charge is 2.15. The van der Waals surface area contributed by atoms with Crippen LogP contribution in [0.5, 0.6) is 0 Å². The zero-order chi connectivity index (χ0) is 15.1. The van der Waals surface area contributed by atoms with E-state index in [0.29, 0.717) is 13.0 Å². The molecule has 1 aromatic carbocycles. The average molecular weight is 289 g/mol. The second-order valence-corrected chi connectivity index (χ2v) is 5.79. The van der Waals surface area contributed by atoms with Gasteiger partial charge in [-0.1, -0.05) is 36.8 Å². The van der Waals surface area contributed by atoms with Gasteiger partial charge in [0.15, 0.2) is 0 Å². The molecule has 1 fully saturated rings. The average Bonchev–Trinajstić information content (AvgIpc) is 2.51. The van der Waals surface area contributed by atoms with Crippen molar-refractivity contribution in [2.75, 3.05) is 39.3 Å². The molecule has 0 spiro atoms. The zero-order valence-corrected chi connectivity index (χ0v) is 13.3. The van der Waals surface area contributed by atoms with Crippen molar-refractivity contribution in [3.05, 3.63) is 35.4 Å². The van der Waals surface area contributed by atoms with Crippen molar-refractivity contribution >= 4 is 5.91 Å². The maximum absolute atomic E-state index is 11.9. The van der Waals surface area contributed by atoms with Crippen LogP contribution in [0.1, 0.15) is 24.5 Å². The van der Waals surface area contributed by atoms with Gasteiger partial charge in [0.1, 0.15) is 0 Å². The smallest absolute Gasteiger partial charge is 0.221 e. The van der Waals surface area contributed by atoms with Crippen LogP contribution in [-0.2, 0) is 11.3 Å². The topological polar surface area (TPSA) is 35.6 Å². The zero-order valence-electron chi connectivity index (χ0n) is 13.3. The first-order valence-electron chi connectivity index (χ1n) is 7.94. The number of piperazine rings is 1. The largest absolute Gasteiger partial charge is 0.352 e. The summed E-state index contributed by atoms with van der Waals surface area (Å²) in [5.41, 5.74) is 2.40. The van der Waals surface area contributed by atoms with E-state index in [2.05, 4.69) is 47.2 Å². The number of benzene rings is 1. The Morgan fingerprint density at radius 3 is 2.57 bits per heavy atom. The van der Waals surface area contributed by atoms with Crippen LogP contribution in [0.15, 0.2) is 24.3 Å². The van der Waals surface area contributed by atoms with Gasteiger partial charge in [0.2, 0.25) is 5.91 Å². The third kappa shape index (κ3) is 5.48. The van der Waals surface area contributed by atoms with Crippen LogP contribution in [0.3, 0.4) is 0 Å². The molecule has 1 aliphatic heterocycles. The minimum Gasteiger partial charge on any atom is -0.352 e. The molecule has 0 radical (unpaired) electrons. The van der Waals surface area contributed by atoms with Gasteiger partial charge in [-0.2, -0.15) is 0 Å². The highest BCUT2D eigenvalue weighted by molar-refractivity contribution is 5.76. The molecule has 116 valence electrons. The van der Waals surface area contributed by atoms with Crippen LogP contribution >= 0.6 is 0 Å². The number of amides is 1. The number of hydrogen-bond donors (Lipinski definition) is 1. The van der Waals surface area contributed by atoms with Gasteiger partial charge in [0, 0.05) is 45.7 Å². The molecule has 0 aromatic heterocycles. The molecule has 4 nitrogen and oxygen atoms in total. The molecule has 1 aliphatic rings. The van der Waals surface area contributed by atoms with Gasteiger partial charge in [-0.15, -0.1) is 0 Å². The van der Waals surface area contributed by atoms with Crippen molar-refractivity contribution in [2.45, 2.75) is 26.8 Å². The molecular weight excluding hydrogens is 262 g/mol. The SMILES string of the molecule is CCN1CCN(CCC(=O)NCc2cccc(C)c2)CC1. The van der Waals surface area contributed by atoms with Crippen molar-refractivity contribution in [3.8, 4) is 0 Å². The van der Waals surface area contributed by atoms with E-state index in [0.717, 1.165) is 39.3 Å². The Morgan fingerprint density at radius 2 is 1.90 bits per heavy atom. The van der Waals surface area contributed by atoms with Crippen molar-refractivity contribution in [1.29, 1.82) is 0 Å². The second-order valence-electron chi connectivity index (χ2n) is 5.79. The van der Waals surface area contributed by atoms with Crippen LogP contribution in [0.4, 0.5) is 0 Å². The summed E-state index contributed by atoms with van der Waals surface area (Å²) < 4.78 is 0. The predicted molar refractivity (Wildman–Crippen MR) is 86.2 cm³/mol. The Hall–Kier alpha value is -1.39. The van der Waals surface area contributed by atoms with Crippen molar-refractivity contribution in [2.24, 2.45) is 0 Å². The second kappa shape index (κ2) is 8.15. The summed E-state index contributed by atoms with van der Waals surface area (Å²) in [5.74, 6) is 0.148. The van der Waals surface area contributed by atoms with Crippen LogP contribution in [0, 0.1) is 6.92 Å². The maximum atomic E-state index is 11.9. The molecule has 1 amide bonds. The lowest BCUT2D eigenvalue weighted by Crippen LogP contribution is -2.46. The minimum atomic E-state index is 0.148. The molecule has 0 aliphatic carbocycles. The van der Waals surface area contributed by atoms with E-state index in [1.54, 1.807) is 0 Å². The highest BCUT2D eigenvalue weighted by Crippen LogP contribution is 2.04. The van der Waals surface area contributed by atoms with Gasteiger partial charge in [0.05, 0.1) is 0 Å². The van der Waals surface area contributed by atoms with Crippen LogP contribution in [0.25, 0.3) is 0 Å². The number of carbonyl (C=O) groups excluding carboxylic acids is 1. The van der Waals surface area contributed by atoms with Gasteiger partial charge in [-0.3, -0.25) is 4.79 Å². The third-order valence-electron chi connectivity index (χ3n) is 4.14. The number of aryl methyl sites for hydroxylation is 1. The first kappa shape index (κ1) is 16.0. The lowest BCUT2D eigenvalue weighted by atomic mass is 10.1. The summed E-state index contributed by atoms with van der Waals surface area (Å²) in [6, 6.07) is 8.27. The number of hydrogen-bond acceptors (Lipinski definition) is 3. The van der Waals surface area contributed by atoms with Gasteiger partial charge in [0.25, 0.3) is 0 Å². The van der Waals surface area contributed by atoms with E-state index < -0.39 is 0 Å². The Bertz CT molecular complexity index is 453. The Balaban J connectivity index is 1.64. The van der Waals surface area contributed by atoms with E-state index in [1.807, 2.05) is 6.07 Å². The summed E-state index contributed by atoms with van der Waals surface area (Å²) in [6.07, 6.45) is 0.595. The third-order valence-corrected chi connectivity index (χ3v) is 4.14. The first-order chi connectivity index (χ1) is 10.2. The molecule has 1 N–H and O–H groups in total. The molecule has 1 aromatic rings. The maximum Gasteiger partial charge on any atom is 0.221 e. The quantitative estimate of drug-likeness (QED) is 0.865. The van der Waals surface area contributed by atoms with Gasteiger partial charge in [-0.25, -0.2) is 0 Å². The standard InChI is InChI=1S/C17H27N3O/c1-3-19-9-11-20(12-10-19)8-7-17(21)18-14-16-6-4-5-15(2)13-16/h4-6,13H,3,7-12,14H2,1-2H3,(H,18,21). The van der Waals surface area contributed by atoms with Crippen LogP contribution in [-0.4, -0.2) is 55.0 Å². The molecule has 0 bridgehead atoms. The van der Waals surface area contributed by atoms with Crippen molar-refractivity contribution in [1.82, 2.24) is 15.1 Å². The molecule has 4 heteroatoms. The Kier molecular flexibility index (Phi) is 6.21. The highest BCUT2D eigenvalue weighted by atomic mass is 16.1. The van der Waals surface area contributed by atoms with E-state index >= 15 is 0 Å². The minimum absolute atomic E-state index is 0.148. The molecule has 2 rings (SSSR count). The molecular formula is C17H27N3O. The fourth-order valence-corrected chi connectivity index (χ4v) is 2.70. The summed E-state index contributed by atoms with van der Waals surface area (Å²) in [6.45, 7) is 11.3. The van der Waals surface area contributed by atoms with Crippen molar-refractivity contribution < 1.29 is 4.79 Å². The van der Waals surface area contributed by atoms with E-state index in [1.165, 1.54) is 11.1 Å². The molecule has 21 heavy (non-hydrogen) atoms. The van der Waals surface area contributed by atoms with Crippen LogP contribution in [0.2, 0.25) is 0 Å².